The molecule has 4 aliphatic heterocycles. The number of rotatable bonds is 3. The van der Waals surface area contributed by atoms with Gasteiger partial charge >= 0.3 is 0 Å². The van der Waals surface area contributed by atoms with Gasteiger partial charge in [0.05, 0.1) is 16.8 Å². The summed E-state index contributed by atoms with van der Waals surface area (Å²) in [7, 11) is 0. The highest BCUT2D eigenvalue weighted by atomic mass is 15.3. The minimum Gasteiger partial charge on any atom is -0.331 e. The van der Waals surface area contributed by atoms with E-state index in [-0.39, 0.29) is 39.2 Å². The van der Waals surface area contributed by atoms with Crippen molar-refractivity contribution in [1.82, 2.24) is 0 Å². The van der Waals surface area contributed by atoms with Crippen LogP contribution in [0.2, 0.25) is 0 Å². The van der Waals surface area contributed by atoms with Crippen LogP contribution in [0.3, 0.4) is 0 Å². The standard InChI is InChI=1S/C76H82BN3/c1-69(2,3)50-30-33-62(55(40-50)47-24-18-17-19-25-47)78-64-35-32-52(71(7,8)9)43-60(64)77-61-44-53(72(10,11)12)42-59-68(61)80(76(16)57-29-23-21-27-49(57)37-39-74(59,76)14)66-46-54(45-65(78)67(66)77)79-63-34-31-51(70(4,5)6)41-58(63)73(13)38-36-48-26-20-22-28-56(48)75(73,79)15/h17-35,40-46H,36-39H2,1-16H3. The van der Waals surface area contributed by atoms with Gasteiger partial charge in [0.2, 0.25) is 0 Å². The Bertz CT molecular complexity index is 3930. The van der Waals surface area contributed by atoms with E-state index in [1.807, 2.05) is 0 Å². The summed E-state index contributed by atoms with van der Waals surface area (Å²) in [5, 5.41) is 0. The van der Waals surface area contributed by atoms with Crippen molar-refractivity contribution in [3.63, 3.8) is 0 Å². The van der Waals surface area contributed by atoms with Crippen molar-refractivity contribution < 1.29 is 0 Å². The Kier molecular flexibility index (Phi) is 10.6. The number of aryl methyl sites for hydroxylation is 2. The van der Waals surface area contributed by atoms with Gasteiger partial charge < -0.3 is 14.7 Å². The fourth-order valence-corrected chi connectivity index (χ4v) is 16.4. The maximum Gasteiger partial charge on any atom is 0.252 e. The Labute approximate surface area is 479 Å². The molecule has 0 saturated heterocycles. The lowest BCUT2D eigenvalue weighted by atomic mass is 9.33. The number of benzene rings is 8. The van der Waals surface area contributed by atoms with Crippen LogP contribution in [-0.4, -0.2) is 6.71 Å². The molecule has 80 heavy (non-hydrogen) atoms. The Morgan fingerprint density at radius 3 is 1.46 bits per heavy atom. The third-order valence-corrected chi connectivity index (χ3v) is 21.5. The zero-order valence-electron chi connectivity index (χ0n) is 50.8. The van der Waals surface area contributed by atoms with Crippen molar-refractivity contribution in [3.05, 3.63) is 213 Å². The minimum atomic E-state index is -0.413. The van der Waals surface area contributed by atoms with Crippen molar-refractivity contribution in [2.75, 3.05) is 14.7 Å². The topological polar surface area (TPSA) is 9.72 Å². The van der Waals surface area contributed by atoms with Gasteiger partial charge in [0.25, 0.3) is 6.71 Å². The predicted octanol–water partition coefficient (Wildman–Crippen LogP) is 17.7. The normalized spacial score (nSPS) is 23.1. The lowest BCUT2D eigenvalue weighted by Crippen LogP contribution is -2.64. The molecule has 0 amide bonds. The third kappa shape index (κ3) is 6.74. The Balaban J connectivity index is 1.17. The summed E-state index contributed by atoms with van der Waals surface area (Å²) in [5.41, 5.74) is 28.7. The van der Waals surface area contributed by atoms with Crippen molar-refractivity contribution in [1.29, 1.82) is 0 Å². The SMILES string of the molecule is CC(C)(C)c1ccc2c(c1)B1c3cc(C(C)(C)C)cc4c3N(c3cc(N5c6ccc(C(C)(C)C)cc6C6(C)CCc7ccccc7C56C)cc(c31)N2c1ccc(C(C)(C)C)cc1-c1ccccc1)C1(C)c2ccccc2CCC41C. The summed E-state index contributed by atoms with van der Waals surface area (Å²) in [5.74, 6) is 0. The van der Waals surface area contributed by atoms with Gasteiger partial charge in [0.1, 0.15) is 0 Å². The molecule has 8 aromatic carbocycles. The molecule has 3 nitrogen and oxygen atoms in total. The summed E-state index contributed by atoms with van der Waals surface area (Å²) in [4.78, 5) is 8.52. The van der Waals surface area contributed by atoms with E-state index in [9.17, 15) is 0 Å². The van der Waals surface area contributed by atoms with Crippen LogP contribution in [0.1, 0.15) is 179 Å². The second kappa shape index (κ2) is 16.5. The van der Waals surface area contributed by atoms with Gasteiger partial charge in [-0.05, 0) is 175 Å². The van der Waals surface area contributed by atoms with Gasteiger partial charge in [-0.1, -0.05) is 218 Å². The maximum atomic E-state index is 2.94. The summed E-state index contributed by atoms with van der Waals surface area (Å²) in [6, 6.07) is 63.4. The molecule has 4 heteroatoms. The molecule has 0 bridgehead atoms. The smallest absolute Gasteiger partial charge is 0.252 e. The molecular formula is C76H82BN3. The average Bonchev–Trinajstić information content (AvgIpc) is 2.90. The molecule has 14 rings (SSSR count). The maximum absolute atomic E-state index is 2.94. The van der Waals surface area contributed by atoms with Crippen molar-refractivity contribution in [2.24, 2.45) is 0 Å². The van der Waals surface area contributed by atoms with Gasteiger partial charge in [0, 0.05) is 50.5 Å². The predicted molar refractivity (Wildman–Crippen MR) is 342 cm³/mol. The van der Waals surface area contributed by atoms with E-state index in [4.69, 9.17) is 0 Å². The molecule has 8 aromatic rings. The molecule has 4 atom stereocenters. The van der Waals surface area contributed by atoms with E-state index in [2.05, 4.69) is 283 Å². The lowest BCUT2D eigenvalue weighted by molar-refractivity contribution is 0.244. The summed E-state index contributed by atoms with van der Waals surface area (Å²) in [6.45, 7) is 39.1. The fourth-order valence-electron chi connectivity index (χ4n) is 16.4. The molecule has 0 aromatic heterocycles. The highest BCUT2D eigenvalue weighted by Gasteiger charge is 2.65. The molecule has 4 heterocycles. The van der Waals surface area contributed by atoms with Gasteiger partial charge in [-0.25, -0.2) is 0 Å². The van der Waals surface area contributed by atoms with Crippen LogP contribution in [-0.2, 0) is 56.4 Å². The number of fused-ring (bicyclic) bond motifs is 14. The van der Waals surface area contributed by atoms with Crippen molar-refractivity contribution >= 4 is 62.9 Å². The molecule has 4 unspecified atom stereocenters. The van der Waals surface area contributed by atoms with Crippen LogP contribution in [0.5, 0.6) is 0 Å². The van der Waals surface area contributed by atoms with Gasteiger partial charge in [-0.15, -0.1) is 0 Å². The molecule has 6 aliphatic rings. The quantitative estimate of drug-likeness (QED) is 0.163. The van der Waals surface area contributed by atoms with Crippen molar-refractivity contribution in [3.8, 4) is 11.1 Å². The molecule has 0 spiro atoms. The van der Waals surface area contributed by atoms with E-state index < -0.39 is 11.1 Å². The summed E-state index contributed by atoms with van der Waals surface area (Å²) in [6.07, 6.45) is 4.26. The van der Waals surface area contributed by atoms with Crippen LogP contribution in [0, 0.1) is 0 Å². The number of hydrogen-bond donors (Lipinski definition) is 0. The second-order valence-electron chi connectivity index (χ2n) is 30.0. The number of anilines is 7. The molecular weight excluding hydrogens is 966 g/mol. The summed E-state index contributed by atoms with van der Waals surface area (Å²) < 4.78 is 0. The molecule has 0 radical (unpaired) electrons. The van der Waals surface area contributed by atoms with E-state index in [1.165, 1.54) is 123 Å². The van der Waals surface area contributed by atoms with Crippen LogP contribution in [0.15, 0.2) is 158 Å². The molecule has 2 aliphatic carbocycles. The number of hydrogen-bond acceptors (Lipinski definition) is 3. The summed E-state index contributed by atoms with van der Waals surface area (Å²) >= 11 is 0. The average molecular weight is 1050 g/mol. The Morgan fingerprint density at radius 1 is 0.388 bits per heavy atom. The minimum absolute atomic E-state index is 0.00136. The zero-order chi connectivity index (χ0) is 56.2. The van der Waals surface area contributed by atoms with Crippen LogP contribution < -0.4 is 31.1 Å². The first-order valence-corrected chi connectivity index (χ1v) is 30.1. The Hall–Kier alpha value is -6.78. The molecule has 404 valence electrons. The first-order chi connectivity index (χ1) is 37.7. The third-order valence-electron chi connectivity index (χ3n) is 21.5. The molecule has 0 fully saturated rings. The van der Waals surface area contributed by atoms with Gasteiger partial charge in [-0.2, -0.15) is 0 Å². The molecule has 0 N–H and O–H groups in total. The highest BCUT2D eigenvalue weighted by molar-refractivity contribution is 7.00. The molecule has 0 saturated carbocycles. The van der Waals surface area contributed by atoms with Gasteiger partial charge in [0.15, 0.2) is 0 Å². The Morgan fingerprint density at radius 2 is 0.863 bits per heavy atom. The van der Waals surface area contributed by atoms with Crippen LogP contribution in [0.4, 0.5) is 39.8 Å². The van der Waals surface area contributed by atoms with Gasteiger partial charge in [-0.3, -0.25) is 0 Å². The van der Waals surface area contributed by atoms with E-state index >= 15 is 0 Å². The van der Waals surface area contributed by atoms with Crippen LogP contribution >= 0.6 is 0 Å². The first-order valence-electron chi connectivity index (χ1n) is 30.1. The number of nitrogens with zero attached hydrogens (tertiary/aromatic N) is 3. The first kappa shape index (κ1) is 51.4. The zero-order valence-corrected chi connectivity index (χ0v) is 50.8. The van der Waals surface area contributed by atoms with E-state index in [0.717, 1.165) is 25.7 Å². The highest BCUT2D eigenvalue weighted by Crippen LogP contribution is 2.68. The second-order valence-corrected chi connectivity index (χ2v) is 30.0. The van der Waals surface area contributed by atoms with E-state index in [1.54, 1.807) is 0 Å². The van der Waals surface area contributed by atoms with Crippen molar-refractivity contribution in [2.45, 2.75) is 180 Å². The van der Waals surface area contributed by atoms with Crippen LogP contribution in [0.25, 0.3) is 11.1 Å². The largest absolute Gasteiger partial charge is 0.331 e. The van der Waals surface area contributed by atoms with E-state index in [0.29, 0.717) is 0 Å². The monoisotopic (exact) mass is 1050 g/mol. The fraction of sp³-hybridized carbons (Fsp3) is 0.368. The lowest BCUT2D eigenvalue weighted by Gasteiger charge is -2.54.